The Morgan fingerprint density at radius 2 is 2.10 bits per heavy atom. The summed E-state index contributed by atoms with van der Waals surface area (Å²) in [4.78, 5) is 14.9. The van der Waals surface area contributed by atoms with Gasteiger partial charge in [-0.25, -0.2) is 4.98 Å². The summed E-state index contributed by atoms with van der Waals surface area (Å²) in [5, 5.41) is 14.7. The molecular formula is C15H18N2O2S. The zero-order valence-electron chi connectivity index (χ0n) is 11.6. The number of aryl methyl sites for hydroxylation is 2. The second-order valence-electron chi connectivity index (χ2n) is 4.81. The second kappa shape index (κ2) is 6.52. The van der Waals surface area contributed by atoms with E-state index >= 15 is 0 Å². The average molecular weight is 290 g/mol. The predicted octanol–water partition coefficient (Wildman–Crippen LogP) is 3.64. The van der Waals surface area contributed by atoms with Crippen molar-refractivity contribution in [1.29, 1.82) is 0 Å². The normalized spacial score (nSPS) is 12.1. The Kier molecular flexibility index (Phi) is 4.74. The van der Waals surface area contributed by atoms with Crippen LogP contribution in [0, 0.1) is 6.92 Å². The van der Waals surface area contributed by atoms with Crippen molar-refractivity contribution >= 4 is 22.4 Å². The molecule has 0 fully saturated rings. The minimum absolute atomic E-state index is 0.122. The number of benzene rings is 1. The first-order valence-corrected chi connectivity index (χ1v) is 7.42. The molecule has 1 aromatic carbocycles. The number of carbonyl (C=O) groups is 1. The molecule has 1 aromatic heterocycles. The molecule has 0 saturated heterocycles. The fourth-order valence-electron chi connectivity index (χ4n) is 1.85. The summed E-state index contributed by atoms with van der Waals surface area (Å²) in [5.74, 6) is -0.791. The molecule has 1 atom stereocenters. The Balaban J connectivity index is 1.95. The fourth-order valence-corrected chi connectivity index (χ4v) is 2.68. The quantitative estimate of drug-likeness (QED) is 0.852. The van der Waals surface area contributed by atoms with E-state index in [9.17, 15) is 4.79 Å². The van der Waals surface area contributed by atoms with Gasteiger partial charge in [0.1, 0.15) is 0 Å². The van der Waals surface area contributed by atoms with Gasteiger partial charge in [0.25, 0.3) is 0 Å². The molecule has 0 aliphatic carbocycles. The lowest BCUT2D eigenvalue weighted by Crippen LogP contribution is -2.06. The highest BCUT2D eigenvalue weighted by Crippen LogP contribution is 2.23. The highest BCUT2D eigenvalue weighted by molar-refractivity contribution is 7.13. The van der Waals surface area contributed by atoms with Crippen LogP contribution in [-0.2, 0) is 11.2 Å². The minimum atomic E-state index is -0.791. The van der Waals surface area contributed by atoms with Gasteiger partial charge in [0.05, 0.1) is 18.2 Å². The van der Waals surface area contributed by atoms with Crippen molar-refractivity contribution in [2.24, 2.45) is 0 Å². The largest absolute Gasteiger partial charge is 0.481 e. The topological polar surface area (TPSA) is 62.2 Å². The number of carboxylic acids is 1. The van der Waals surface area contributed by atoms with E-state index in [1.165, 1.54) is 22.5 Å². The number of nitrogens with one attached hydrogen (secondary N) is 1. The lowest BCUT2D eigenvalue weighted by atomic mass is 10.1. The molecule has 5 heteroatoms. The van der Waals surface area contributed by atoms with Crippen LogP contribution in [0.3, 0.4) is 0 Å². The number of thiazole rings is 1. The molecule has 0 bridgehead atoms. The van der Waals surface area contributed by atoms with Gasteiger partial charge in [-0.05, 0) is 19.4 Å². The third-order valence-electron chi connectivity index (χ3n) is 3.06. The molecule has 20 heavy (non-hydrogen) atoms. The Morgan fingerprint density at radius 1 is 1.40 bits per heavy atom. The van der Waals surface area contributed by atoms with Gasteiger partial charge in [-0.1, -0.05) is 29.8 Å². The molecule has 2 N–H and O–H groups in total. The van der Waals surface area contributed by atoms with Gasteiger partial charge >= 0.3 is 5.97 Å². The lowest BCUT2D eigenvalue weighted by Gasteiger charge is -2.13. The maximum absolute atomic E-state index is 10.5. The van der Waals surface area contributed by atoms with Crippen molar-refractivity contribution in [3.05, 3.63) is 46.5 Å². The number of rotatable bonds is 6. The summed E-state index contributed by atoms with van der Waals surface area (Å²) in [5.41, 5.74) is 3.28. The first kappa shape index (κ1) is 14.5. The van der Waals surface area contributed by atoms with E-state index in [0.29, 0.717) is 6.42 Å². The van der Waals surface area contributed by atoms with Crippen molar-refractivity contribution in [3.8, 4) is 0 Å². The van der Waals surface area contributed by atoms with Gasteiger partial charge in [-0.15, -0.1) is 11.3 Å². The summed E-state index contributed by atoms with van der Waals surface area (Å²) in [6.07, 6.45) is 0.600. The number of hydrogen-bond acceptors (Lipinski definition) is 4. The fraction of sp³-hybridized carbons (Fsp3) is 0.333. The van der Waals surface area contributed by atoms with Gasteiger partial charge in [0.2, 0.25) is 0 Å². The van der Waals surface area contributed by atoms with Crippen LogP contribution >= 0.6 is 11.3 Å². The van der Waals surface area contributed by atoms with Crippen molar-refractivity contribution in [2.45, 2.75) is 32.7 Å². The molecule has 1 heterocycles. The first-order valence-electron chi connectivity index (χ1n) is 6.54. The van der Waals surface area contributed by atoms with Gasteiger partial charge < -0.3 is 10.4 Å². The Labute approximate surface area is 122 Å². The average Bonchev–Trinajstić information content (AvgIpc) is 2.84. The Morgan fingerprint density at radius 3 is 2.75 bits per heavy atom. The van der Waals surface area contributed by atoms with Crippen molar-refractivity contribution in [1.82, 2.24) is 4.98 Å². The molecule has 106 valence electrons. The van der Waals surface area contributed by atoms with Gasteiger partial charge in [0.15, 0.2) is 5.13 Å². The Hall–Kier alpha value is -1.88. The smallest absolute Gasteiger partial charge is 0.303 e. The highest BCUT2D eigenvalue weighted by atomic mass is 32.1. The zero-order valence-corrected chi connectivity index (χ0v) is 12.4. The monoisotopic (exact) mass is 290 g/mol. The van der Waals surface area contributed by atoms with Crippen LogP contribution in [0.25, 0.3) is 0 Å². The lowest BCUT2D eigenvalue weighted by molar-refractivity contribution is -0.136. The molecule has 0 aliphatic heterocycles. The Bertz CT molecular complexity index is 578. The molecule has 0 saturated carbocycles. The second-order valence-corrected chi connectivity index (χ2v) is 5.67. The van der Waals surface area contributed by atoms with Crippen molar-refractivity contribution in [2.75, 3.05) is 5.32 Å². The van der Waals surface area contributed by atoms with Crippen molar-refractivity contribution in [3.63, 3.8) is 0 Å². The van der Waals surface area contributed by atoms with Crippen LogP contribution in [0.1, 0.15) is 36.2 Å². The van der Waals surface area contributed by atoms with Gasteiger partial charge in [-0.2, -0.15) is 0 Å². The maximum atomic E-state index is 10.5. The van der Waals surface area contributed by atoms with Crippen LogP contribution in [0.4, 0.5) is 5.13 Å². The van der Waals surface area contributed by atoms with Crippen LogP contribution in [0.2, 0.25) is 0 Å². The van der Waals surface area contributed by atoms with E-state index in [4.69, 9.17) is 5.11 Å². The van der Waals surface area contributed by atoms with Gasteiger partial charge in [-0.3, -0.25) is 4.79 Å². The summed E-state index contributed by atoms with van der Waals surface area (Å²) in [6.45, 7) is 4.15. The molecule has 0 amide bonds. The number of aliphatic carboxylic acids is 1. The molecule has 4 nitrogen and oxygen atoms in total. The van der Waals surface area contributed by atoms with E-state index < -0.39 is 5.97 Å². The molecule has 0 aliphatic rings. The molecule has 2 rings (SSSR count). The van der Waals surface area contributed by atoms with Crippen LogP contribution < -0.4 is 5.32 Å². The summed E-state index contributed by atoms with van der Waals surface area (Å²) < 4.78 is 0. The molecule has 0 radical (unpaired) electrons. The standard InChI is InChI=1S/C15H18N2O2S/c1-10-3-5-12(6-4-10)11(2)16-15-17-13(9-20-15)7-8-14(18)19/h3-6,9,11H,7-8H2,1-2H3,(H,16,17)(H,18,19). The SMILES string of the molecule is Cc1ccc(C(C)Nc2nc(CCC(=O)O)cs2)cc1. The van der Waals surface area contributed by atoms with Crippen LogP contribution in [-0.4, -0.2) is 16.1 Å². The van der Waals surface area contributed by atoms with E-state index in [-0.39, 0.29) is 12.5 Å². The van der Waals surface area contributed by atoms with Crippen LogP contribution in [0.5, 0.6) is 0 Å². The van der Waals surface area contributed by atoms with Crippen LogP contribution in [0.15, 0.2) is 29.6 Å². The van der Waals surface area contributed by atoms with E-state index in [0.717, 1.165) is 10.8 Å². The summed E-state index contributed by atoms with van der Waals surface area (Å²) in [7, 11) is 0. The first-order chi connectivity index (χ1) is 9.54. The molecule has 1 unspecified atom stereocenters. The van der Waals surface area contributed by atoms with E-state index in [1.807, 2.05) is 5.38 Å². The number of carboxylic acid groups (broad SMARTS) is 1. The third kappa shape index (κ3) is 4.06. The summed E-state index contributed by atoms with van der Waals surface area (Å²) in [6, 6.07) is 8.56. The number of hydrogen-bond donors (Lipinski definition) is 2. The number of anilines is 1. The zero-order chi connectivity index (χ0) is 14.5. The highest BCUT2D eigenvalue weighted by Gasteiger charge is 2.09. The molecule has 0 spiro atoms. The van der Waals surface area contributed by atoms with Gasteiger partial charge in [0, 0.05) is 11.8 Å². The third-order valence-corrected chi connectivity index (χ3v) is 3.89. The van der Waals surface area contributed by atoms with Crippen molar-refractivity contribution < 1.29 is 9.90 Å². The molecular weight excluding hydrogens is 272 g/mol. The maximum Gasteiger partial charge on any atom is 0.303 e. The number of aromatic nitrogens is 1. The minimum Gasteiger partial charge on any atom is -0.481 e. The van der Waals surface area contributed by atoms with E-state index in [1.54, 1.807) is 0 Å². The summed E-state index contributed by atoms with van der Waals surface area (Å²) >= 11 is 1.51. The van der Waals surface area contributed by atoms with E-state index in [2.05, 4.69) is 48.4 Å². The number of nitrogens with zero attached hydrogens (tertiary/aromatic N) is 1. The molecule has 2 aromatic rings. The predicted molar refractivity (Wildman–Crippen MR) is 81.3 cm³/mol.